The second-order valence-electron chi connectivity index (χ2n) is 4.86. The van der Waals surface area contributed by atoms with Crippen LogP contribution >= 0.6 is 11.6 Å². The summed E-state index contributed by atoms with van der Waals surface area (Å²) in [4.78, 5) is 12.1. The van der Waals surface area contributed by atoms with Crippen LogP contribution in [0.1, 0.15) is 11.1 Å². The summed E-state index contributed by atoms with van der Waals surface area (Å²) in [5.41, 5.74) is 2.30. The van der Waals surface area contributed by atoms with E-state index in [0.717, 1.165) is 5.56 Å². The fraction of sp³-hybridized carbons (Fsp3) is 0.167. The Morgan fingerprint density at radius 2 is 1.78 bits per heavy atom. The van der Waals surface area contributed by atoms with Crippen LogP contribution in [0.5, 0.6) is 11.5 Å². The maximum absolute atomic E-state index is 12.1. The minimum absolute atomic E-state index is 0.266. The van der Waals surface area contributed by atoms with Crippen LogP contribution in [-0.4, -0.2) is 20.1 Å². The molecule has 4 nitrogen and oxygen atoms in total. The van der Waals surface area contributed by atoms with Gasteiger partial charge in [0.05, 0.1) is 19.8 Å². The van der Waals surface area contributed by atoms with Gasteiger partial charge in [-0.15, -0.1) is 0 Å². The molecule has 23 heavy (non-hydrogen) atoms. The molecular weight excluding hydrogens is 314 g/mol. The van der Waals surface area contributed by atoms with Crippen molar-refractivity contribution in [3.8, 4) is 11.5 Å². The summed E-state index contributed by atoms with van der Waals surface area (Å²) in [6, 6.07) is 10.8. The van der Waals surface area contributed by atoms with Crippen LogP contribution in [-0.2, 0) is 4.79 Å². The molecule has 0 aliphatic carbocycles. The second kappa shape index (κ2) is 7.70. The molecule has 0 radical (unpaired) electrons. The molecule has 0 saturated carbocycles. The van der Waals surface area contributed by atoms with Gasteiger partial charge in [-0.2, -0.15) is 0 Å². The highest BCUT2D eigenvalue weighted by Gasteiger charge is 2.07. The number of hydrogen-bond acceptors (Lipinski definition) is 3. The third-order valence-corrected chi connectivity index (χ3v) is 3.71. The zero-order chi connectivity index (χ0) is 16.8. The summed E-state index contributed by atoms with van der Waals surface area (Å²) in [6.45, 7) is 1.90. The van der Waals surface area contributed by atoms with Crippen LogP contribution in [0.25, 0.3) is 6.08 Å². The van der Waals surface area contributed by atoms with Crippen molar-refractivity contribution in [2.45, 2.75) is 6.92 Å². The molecule has 2 rings (SSSR count). The van der Waals surface area contributed by atoms with E-state index in [9.17, 15) is 4.79 Å². The molecule has 0 saturated heterocycles. The Balaban J connectivity index is 2.16. The monoisotopic (exact) mass is 331 g/mol. The van der Waals surface area contributed by atoms with E-state index in [1.54, 1.807) is 44.6 Å². The molecule has 120 valence electrons. The Morgan fingerprint density at radius 3 is 2.35 bits per heavy atom. The summed E-state index contributed by atoms with van der Waals surface area (Å²) in [5, 5.41) is 3.37. The Kier molecular flexibility index (Phi) is 5.66. The van der Waals surface area contributed by atoms with E-state index in [-0.39, 0.29) is 5.91 Å². The number of carbonyl (C=O) groups is 1. The third kappa shape index (κ3) is 4.27. The maximum atomic E-state index is 12.1. The number of methoxy groups -OCH3 is 2. The van der Waals surface area contributed by atoms with Crippen molar-refractivity contribution >= 4 is 29.3 Å². The zero-order valence-corrected chi connectivity index (χ0v) is 14.0. The Morgan fingerprint density at radius 1 is 1.13 bits per heavy atom. The molecule has 0 fully saturated rings. The number of amides is 1. The number of ether oxygens (including phenoxy) is 2. The van der Waals surface area contributed by atoms with Crippen molar-refractivity contribution in [2.24, 2.45) is 0 Å². The number of halogens is 1. The molecule has 0 aliphatic heterocycles. The number of carbonyl (C=O) groups excluding carboxylic acids is 1. The van der Waals surface area contributed by atoms with Crippen LogP contribution in [0.3, 0.4) is 0 Å². The van der Waals surface area contributed by atoms with Gasteiger partial charge in [-0.25, -0.2) is 0 Å². The summed E-state index contributed by atoms with van der Waals surface area (Å²) in [7, 11) is 3.14. The van der Waals surface area contributed by atoms with Crippen LogP contribution in [0.15, 0.2) is 42.5 Å². The third-order valence-electron chi connectivity index (χ3n) is 3.31. The van der Waals surface area contributed by atoms with E-state index in [4.69, 9.17) is 21.1 Å². The quantitative estimate of drug-likeness (QED) is 0.830. The smallest absolute Gasteiger partial charge is 0.248 e. The lowest BCUT2D eigenvalue weighted by molar-refractivity contribution is -0.111. The molecule has 5 heteroatoms. The van der Waals surface area contributed by atoms with Gasteiger partial charge in [0.2, 0.25) is 5.91 Å². The SMILES string of the molecule is COc1cccc(OC)c1C=CC(=O)Nc1ccc(C)c(Cl)c1. The average Bonchev–Trinajstić information content (AvgIpc) is 2.55. The van der Waals surface area contributed by atoms with Crippen LogP contribution < -0.4 is 14.8 Å². The summed E-state index contributed by atoms with van der Waals surface area (Å²) in [5.74, 6) is 0.997. The van der Waals surface area contributed by atoms with Crippen molar-refractivity contribution in [2.75, 3.05) is 19.5 Å². The first-order chi connectivity index (χ1) is 11.0. The molecule has 2 aromatic rings. The molecule has 1 amide bonds. The van der Waals surface area contributed by atoms with Gasteiger partial charge in [-0.05, 0) is 42.8 Å². The van der Waals surface area contributed by atoms with Crippen LogP contribution in [0.4, 0.5) is 5.69 Å². The van der Waals surface area contributed by atoms with Gasteiger partial charge in [0.15, 0.2) is 0 Å². The number of rotatable bonds is 5. The molecule has 0 heterocycles. The Labute approximate surface area is 140 Å². The van der Waals surface area contributed by atoms with E-state index in [1.165, 1.54) is 6.08 Å². The first kappa shape index (κ1) is 16.9. The van der Waals surface area contributed by atoms with Gasteiger partial charge in [-0.1, -0.05) is 23.7 Å². The molecular formula is C18H18ClNO3. The number of anilines is 1. The summed E-state index contributed by atoms with van der Waals surface area (Å²) >= 11 is 6.05. The van der Waals surface area contributed by atoms with Gasteiger partial charge in [0.1, 0.15) is 11.5 Å². The topological polar surface area (TPSA) is 47.6 Å². The van der Waals surface area contributed by atoms with E-state index in [2.05, 4.69) is 5.32 Å². The van der Waals surface area contributed by atoms with Crippen molar-refractivity contribution < 1.29 is 14.3 Å². The van der Waals surface area contributed by atoms with E-state index in [1.807, 2.05) is 19.1 Å². The summed E-state index contributed by atoms with van der Waals surface area (Å²) < 4.78 is 10.6. The first-order valence-corrected chi connectivity index (χ1v) is 7.39. The highest BCUT2D eigenvalue weighted by Crippen LogP contribution is 2.29. The molecule has 0 aromatic heterocycles. The highest BCUT2D eigenvalue weighted by molar-refractivity contribution is 6.31. The maximum Gasteiger partial charge on any atom is 0.248 e. The second-order valence-corrected chi connectivity index (χ2v) is 5.27. The Bertz CT molecular complexity index is 719. The fourth-order valence-electron chi connectivity index (χ4n) is 2.06. The molecule has 1 N–H and O–H groups in total. The largest absolute Gasteiger partial charge is 0.496 e. The lowest BCUT2D eigenvalue weighted by Gasteiger charge is -2.09. The molecule has 0 atom stereocenters. The average molecular weight is 332 g/mol. The van der Waals surface area contributed by atoms with Gasteiger partial charge >= 0.3 is 0 Å². The lowest BCUT2D eigenvalue weighted by Crippen LogP contribution is -2.07. The number of aryl methyl sites for hydroxylation is 1. The Hall–Kier alpha value is -2.46. The molecule has 2 aromatic carbocycles. The minimum atomic E-state index is -0.266. The normalized spacial score (nSPS) is 10.6. The lowest BCUT2D eigenvalue weighted by atomic mass is 10.1. The van der Waals surface area contributed by atoms with Gasteiger partial charge < -0.3 is 14.8 Å². The highest BCUT2D eigenvalue weighted by atomic mass is 35.5. The van der Waals surface area contributed by atoms with Crippen molar-refractivity contribution in [1.82, 2.24) is 0 Å². The number of hydrogen-bond donors (Lipinski definition) is 1. The number of nitrogens with one attached hydrogen (secondary N) is 1. The fourth-order valence-corrected chi connectivity index (χ4v) is 2.24. The minimum Gasteiger partial charge on any atom is -0.496 e. The molecule has 0 aliphatic rings. The van der Waals surface area contributed by atoms with Crippen LogP contribution in [0.2, 0.25) is 5.02 Å². The van der Waals surface area contributed by atoms with E-state index >= 15 is 0 Å². The van der Waals surface area contributed by atoms with Crippen molar-refractivity contribution in [3.05, 3.63) is 58.6 Å². The number of benzene rings is 2. The van der Waals surface area contributed by atoms with Gasteiger partial charge in [-0.3, -0.25) is 4.79 Å². The van der Waals surface area contributed by atoms with Gasteiger partial charge in [0.25, 0.3) is 0 Å². The van der Waals surface area contributed by atoms with E-state index in [0.29, 0.717) is 27.8 Å². The summed E-state index contributed by atoms with van der Waals surface area (Å²) in [6.07, 6.45) is 3.08. The van der Waals surface area contributed by atoms with E-state index < -0.39 is 0 Å². The molecule has 0 spiro atoms. The standard InChI is InChI=1S/C18H18ClNO3/c1-12-7-8-13(11-15(12)19)20-18(21)10-9-14-16(22-2)5-4-6-17(14)23-3/h4-11H,1-3H3,(H,20,21). The van der Waals surface area contributed by atoms with Crippen molar-refractivity contribution in [1.29, 1.82) is 0 Å². The predicted octanol–water partition coefficient (Wildman–Crippen LogP) is 4.32. The van der Waals surface area contributed by atoms with Gasteiger partial charge in [0, 0.05) is 16.8 Å². The predicted molar refractivity (Wildman–Crippen MR) is 93.4 cm³/mol. The zero-order valence-electron chi connectivity index (χ0n) is 13.2. The molecule has 0 bridgehead atoms. The van der Waals surface area contributed by atoms with Crippen LogP contribution in [0, 0.1) is 6.92 Å². The first-order valence-electron chi connectivity index (χ1n) is 7.01. The van der Waals surface area contributed by atoms with Crippen molar-refractivity contribution in [3.63, 3.8) is 0 Å². The molecule has 0 unspecified atom stereocenters.